The van der Waals surface area contributed by atoms with E-state index in [9.17, 15) is 9.59 Å². The lowest BCUT2D eigenvalue weighted by Gasteiger charge is -2.23. The molecule has 0 aromatic heterocycles. The number of carbonyl (C=O) groups is 2. The number of nitriles is 1. The van der Waals surface area contributed by atoms with Crippen LogP contribution in [-0.2, 0) is 9.59 Å². The summed E-state index contributed by atoms with van der Waals surface area (Å²) in [5, 5.41) is 11.8. The van der Waals surface area contributed by atoms with Gasteiger partial charge in [-0.05, 0) is 42.2 Å². The van der Waals surface area contributed by atoms with Crippen molar-refractivity contribution < 1.29 is 9.59 Å². The molecule has 0 aliphatic carbocycles. The lowest BCUT2D eigenvalue weighted by atomic mass is 9.96. The van der Waals surface area contributed by atoms with Gasteiger partial charge in [0.2, 0.25) is 11.8 Å². The Bertz CT molecular complexity index is 900. The molecular weight excluding hydrogens is 338 g/mol. The quantitative estimate of drug-likeness (QED) is 0.873. The van der Waals surface area contributed by atoms with Crippen molar-refractivity contribution in [3.8, 4) is 6.07 Å². The predicted octanol–water partition coefficient (Wildman–Crippen LogP) is 4.06. The second kappa shape index (κ2) is 8.05. The number of para-hydroxylation sites is 1. The topological polar surface area (TPSA) is 73.2 Å². The highest BCUT2D eigenvalue weighted by Crippen LogP contribution is 2.33. The van der Waals surface area contributed by atoms with Crippen LogP contribution in [0.15, 0.2) is 48.5 Å². The third-order valence-corrected chi connectivity index (χ3v) is 5.13. The van der Waals surface area contributed by atoms with Gasteiger partial charge in [0, 0.05) is 24.3 Å². The molecule has 1 N–H and O–H groups in total. The molecule has 138 valence electrons. The van der Waals surface area contributed by atoms with Gasteiger partial charge in [0.1, 0.15) is 0 Å². The molecular formula is C22H23N3O2. The van der Waals surface area contributed by atoms with Crippen LogP contribution in [0.25, 0.3) is 0 Å². The van der Waals surface area contributed by atoms with Crippen LogP contribution in [0.1, 0.15) is 43.7 Å². The van der Waals surface area contributed by atoms with Gasteiger partial charge in [-0.2, -0.15) is 5.26 Å². The molecule has 3 rings (SSSR count). The highest BCUT2D eigenvalue weighted by atomic mass is 16.2. The summed E-state index contributed by atoms with van der Waals surface area (Å²) in [6.07, 6.45) is 1.18. The first-order valence-corrected chi connectivity index (χ1v) is 9.23. The van der Waals surface area contributed by atoms with Crippen LogP contribution >= 0.6 is 0 Å². The summed E-state index contributed by atoms with van der Waals surface area (Å²) >= 11 is 0. The number of benzene rings is 2. The standard InChI is InChI=1S/C22H23N3O2/c1-3-15(2)19-9-4-5-10-20(19)25-14-17(12-21(25)26)22(27)24-18-8-6-7-16(11-18)13-23/h4-11,15,17H,3,12,14H2,1-2H3,(H,24,27)/t15-,17-/m0/s1. The zero-order valence-electron chi connectivity index (χ0n) is 15.6. The van der Waals surface area contributed by atoms with Gasteiger partial charge >= 0.3 is 0 Å². The van der Waals surface area contributed by atoms with Crippen molar-refractivity contribution in [2.45, 2.75) is 32.6 Å². The average Bonchev–Trinajstić information content (AvgIpc) is 3.09. The first-order chi connectivity index (χ1) is 13.0. The van der Waals surface area contributed by atoms with E-state index in [1.54, 1.807) is 29.2 Å². The van der Waals surface area contributed by atoms with E-state index < -0.39 is 5.92 Å². The zero-order valence-corrected chi connectivity index (χ0v) is 15.6. The largest absolute Gasteiger partial charge is 0.326 e. The van der Waals surface area contributed by atoms with Crippen molar-refractivity contribution >= 4 is 23.2 Å². The molecule has 5 heteroatoms. The summed E-state index contributed by atoms with van der Waals surface area (Å²) < 4.78 is 0. The fourth-order valence-electron chi connectivity index (χ4n) is 3.40. The van der Waals surface area contributed by atoms with Crippen LogP contribution in [-0.4, -0.2) is 18.4 Å². The number of nitrogens with zero attached hydrogens (tertiary/aromatic N) is 2. The molecule has 5 nitrogen and oxygen atoms in total. The highest BCUT2D eigenvalue weighted by molar-refractivity contribution is 6.04. The molecule has 2 atom stereocenters. The van der Waals surface area contributed by atoms with Crippen LogP contribution in [0.5, 0.6) is 0 Å². The summed E-state index contributed by atoms with van der Waals surface area (Å²) in [5.41, 5.74) is 3.10. The van der Waals surface area contributed by atoms with Crippen molar-refractivity contribution in [1.82, 2.24) is 0 Å². The normalized spacial score (nSPS) is 17.4. The number of hydrogen-bond donors (Lipinski definition) is 1. The lowest BCUT2D eigenvalue weighted by Crippen LogP contribution is -2.29. The minimum atomic E-state index is -0.409. The van der Waals surface area contributed by atoms with Crippen LogP contribution in [0.4, 0.5) is 11.4 Å². The van der Waals surface area contributed by atoms with E-state index in [0.29, 0.717) is 23.7 Å². The number of rotatable bonds is 5. The number of anilines is 2. The average molecular weight is 361 g/mol. The fraction of sp³-hybridized carbons (Fsp3) is 0.318. The van der Waals surface area contributed by atoms with Gasteiger partial charge in [-0.3, -0.25) is 9.59 Å². The summed E-state index contributed by atoms with van der Waals surface area (Å²) in [4.78, 5) is 27.0. The molecule has 1 aliphatic heterocycles. The number of amides is 2. The summed E-state index contributed by atoms with van der Waals surface area (Å²) in [7, 11) is 0. The molecule has 2 amide bonds. The maximum absolute atomic E-state index is 12.6. The van der Waals surface area contributed by atoms with Crippen molar-refractivity contribution in [1.29, 1.82) is 5.26 Å². The van der Waals surface area contributed by atoms with E-state index in [2.05, 4.69) is 31.3 Å². The molecule has 1 fully saturated rings. The fourth-order valence-corrected chi connectivity index (χ4v) is 3.40. The Morgan fingerprint density at radius 1 is 1.30 bits per heavy atom. The molecule has 0 unspecified atom stereocenters. The molecule has 1 heterocycles. The van der Waals surface area contributed by atoms with E-state index >= 15 is 0 Å². The Morgan fingerprint density at radius 3 is 2.81 bits per heavy atom. The highest BCUT2D eigenvalue weighted by Gasteiger charge is 2.36. The van der Waals surface area contributed by atoms with Crippen LogP contribution in [0, 0.1) is 17.2 Å². The maximum Gasteiger partial charge on any atom is 0.229 e. The minimum absolute atomic E-state index is 0.0309. The third-order valence-electron chi connectivity index (χ3n) is 5.13. The molecule has 2 aromatic carbocycles. The Morgan fingerprint density at radius 2 is 2.07 bits per heavy atom. The first kappa shape index (κ1) is 18.7. The van der Waals surface area contributed by atoms with Gasteiger partial charge in [0.05, 0.1) is 17.6 Å². The first-order valence-electron chi connectivity index (χ1n) is 9.23. The van der Waals surface area contributed by atoms with Crippen LogP contribution in [0.3, 0.4) is 0 Å². The smallest absolute Gasteiger partial charge is 0.229 e. The van der Waals surface area contributed by atoms with E-state index in [-0.39, 0.29) is 18.2 Å². The van der Waals surface area contributed by atoms with Gasteiger partial charge in [-0.15, -0.1) is 0 Å². The Labute approximate surface area is 159 Å². The minimum Gasteiger partial charge on any atom is -0.326 e. The van der Waals surface area contributed by atoms with Crippen molar-refractivity contribution in [3.63, 3.8) is 0 Å². The SMILES string of the molecule is CC[C@H](C)c1ccccc1N1C[C@@H](C(=O)Nc2cccc(C#N)c2)CC1=O. The molecule has 0 bridgehead atoms. The Balaban J connectivity index is 1.76. The van der Waals surface area contributed by atoms with E-state index in [4.69, 9.17) is 5.26 Å². The molecule has 1 saturated heterocycles. The van der Waals surface area contributed by atoms with E-state index in [1.165, 1.54) is 0 Å². The predicted molar refractivity (Wildman–Crippen MR) is 105 cm³/mol. The number of hydrogen-bond acceptors (Lipinski definition) is 3. The van der Waals surface area contributed by atoms with Gasteiger partial charge in [-0.1, -0.05) is 38.1 Å². The second-order valence-electron chi connectivity index (χ2n) is 6.96. The third kappa shape index (κ3) is 4.01. The van der Waals surface area contributed by atoms with Gasteiger partial charge in [0.25, 0.3) is 0 Å². The number of nitrogens with one attached hydrogen (secondary N) is 1. The lowest BCUT2D eigenvalue weighted by molar-refractivity contribution is -0.122. The van der Waals surface area contributed by atoms with Gasteiger partial charge in [-0.25, -0.2) is 0 Å². The van der Waals surface area contributed by atoms with Crippen LogP contribution in [0.2, 0.25) is 0 Å². The monoisotopic (exact) mass is 361 g/mol. The Kier molecular flexibility index (Phi) is 5.56. The summed E-state index contributed by atoms with van der Waals surface area (Å²) in [6.45, 7) is 4.64. The van der Waals surface area contributed by atoms with E-state index in [0.717, 1.165) is 17.7 Å². The summed E-state index contributed by atoms with van der Waals surface area (Å²) in [6, 6.07) is 16.8. The second-order valence-corrected chi connectivity index (χ2v) is 6.96. The molecule has 0 radical (unpaired) electrons. The summed E-state index contributed by atoms with van der Waals surface area (Å²) in [5.74, 6) is -0.289. The van der Waals surface area contributed by atoms with Crippen LogP contribution < -0.4 is 10.2 Å². The van der Waals surface area contributed by atoms with Crippen molar-refractivity contribution in [2.75, 3.05) is 16.8 Å². The van der Waals surface area contributed by atoms with Crippen molar-refractivity contribution in [3.05, 3.63) is 59.7 Å². The Hall–Kier alpha value is -3.13. The molecule has 0 spiro atoms. The van der Waals surface area contributed by atoms with Gasteiger partial charge in [0.15, 0.2) is 0 Å². The number of carbonyl (C=O) groups excluding carboxylic acids is 2. The molecule has 27 heavy (non-hydrogen) atoms. The van der Waals surface area contributed by atoms with Gasteiger partial charge < -0.3 is 10.2 Å². The molecule has 1 aliphatic rings. The van der Waals surface area contributed by atoms with E-state index in [1.807, 2.05) is 18.2 Å². The molecule has 2 aromatic rings. The maximum atomic E-state index is 12.6. The molecule has 0 saturated carbocycles. The zero-order chi connectivity index (χ0) is 19.4. The van der Waals surface area contributed by atoms with Crippen molar-refractivity contribution in [2.24, 2.45) is 5.92 Å².